The number of anilines is 1. The van der Waals surface area contributed by atoms with Crippen molar-refractivity contribution in [3.05, 3.63) is 82.9 Å². The molecule has 0 bridgehead atoms. The first-order chi connectivity index (χ1) is 15.7. The van der Waals surface area contributed by atoms with Crippen LogP contribution in [0.1, 0.15) is 22.8 Å². The van der Waals surface area contributed by atoms with E-state index in [1.165, 1.54) is 29.6 Å². The van der Waals surface area contributed by atoms with Crippen LogP contribution in [0.15, 0.2) is 71.6 Å². The number of carbonyl (C=O) groups excluding carboxylic acids is 1. The summed E-state index contributed by atoms with van der Waals surface area (Å²) in [6.45, 7) is 2.33. The van der Waals surface area contributed by atoms with E-state index >= 15 is 0 Å². The summed E-state index contributed by atoms with van der Waals surface area (Å²) in [4.78, 5) is 12.7. The Morgan fingerprint density at radius 2 is 1.70 bits per heavy atom. The minimum atomic E-state index is -3.84. The Kier molecular flexibility index (Phi) is 7.97. The summed E-state index contributed by atoms with van der Waals surface area (Å²) in [6.07, 6.45) is 0. The maximum atomic E-state index is 13.2. The van der Waals surface area contributed by atoms with Crippen LogP contribution in [0.4, 0.5) is 5.69 Å². The molecular formula is C24H25ClN2O5S. The highest BCUT2D eigenvalue weighted by molar-refractivity contribution is 7.89. The summed E-state index contributed by atoms with van der Waals surface area (Å²) in [7, 11) is -0.763. The van der Waals surface area contributed by atoms with Crippen molar-refractivity contribution in [2.24, 2.45) is 0 Å². The Balaban J connectivity index is 1.86. The molecule has 3 aromatic rings. The molecule has 0 fully saturated rings. The number of hydrogen-bond donors (Lipinski definition) is 1. The zero-order valence-corrected chi connectivity index (χ0v) is 20.1. The van der Waals surface area contributed by atoms with Crippen LogP contribution < -0.4 is 14.8 Å². The normalized spacial score (nSPS) is 11.3. The molecule has 0 aliphatic carbocycles. The first kappa shape index (κ1) is 24.6. The number of benzene rings is 3. The van der Waals surface area contributed by atoms with E-state index in [9.17, 15) is 13.2 Å². The maximum absolute atomic E-state index is 13.2. The molecule has 0 atom stereocenters. The van der Waals surface area contributed by atoms with Gasteiger partial charge in [-0.25, -0.2) is 8.42 Å². The average Bonchev–Trinajstić information content (AvgIpc) is 2.81. The highest BCUT2D eigenvalue weighted by atomic mass is 35.5. The third-order valence-corrected chi connectivity index (χ3v) is 6.93. The molecule has 0 aromatic heterocycles. The van der Waals surface area contributed by atoms with Gasteiger partial charge in [-0.1, -0.05) is 23.7 Å². The second-order valence-electron chi connectivity index (χ2n) is 7.16. The standard InChI is InChI=1S/C24H25ClN2O5S/c1-4-32-23-14-13-21(15-22(23)26-24(28)18-7-9-19(25)10-8-18)33(29,30)27(2)16-17-5-11-20(31-3)12-6-17/h5-15H,4,16H2,1-3H3,(H,26,28). The quantitative estimate of drug-likeness (QED) is 0.466. The van der Waals surface area contributed by atoms with Gasteiger partial charge in [-0.3, -0.25) is 4.79 Å². The molecular weight excluding hydrogens is 464 g/mol. The first-order valence-corrected chi connectivity index (χ1v) is 12.0. The van der Waals surface area contributed by atoms with Gasteiger partial charge in [-0.15, -0.1) is 0 Å². The summed E-state index contributed by atoms with van der Waals surface area (Å²) in [5.41, 5.74) is 1.45. The Morgan fingerprint density at radius 1 is 1.03 bits per heavy atom. The number of ether oxygens (including phenoxy) is 2. The molecule has 0 unspecified atom stereocenters. The first-order valence-electron chi connectivity index (χ1n) is 10.2. The van der Waals surface area contributed by atoms with Crippen molar-refractivity contribution in [1.29, 1.82) is 0 Å². The SMILES string of the molecule is CCOc1ccc(S(=O)(=O)N(C)Cc2ccc(OC)cc2)cc1NC(=O)c1ccc(Cl)cc1. The van der Waals surface area contributed by atoms with Gasteiger partial charge in [0.15, 0.2) is 0 Å². The Bertz CT molecular complexity index is 1210. The molecule has 0 radical (unpaired) electrons. The summed E-state index contributed by atoms with van der Waals surface area (Å²) < 4.78 is 38.4. The van der Waals surface area contributed by atoms with Crippen molar-refractivity contribution < 1.29 is 22.7 Å². The van der Waals surface area contributed by atoms with E-state index < -0.39 is 15.9 Å². The Labute approximate surface area is 198 Å². The van der Waals surface area contributed by atoms with Crippen LogP contribution in [0.3, 0.4) is 0 Å². The minimum absolute atomic E-state index is 0.0355. The van der Waals surface area contributed by atoms with Gasteiger partial charge < -0.3 is 14.8 Å². The minimum Gasteiger partial charge on any atom is -0.497 e. The fourth-order valence-electron chi connectivity index (χ4n) is 3.10. The molecule has 3 aromatic carbocycles. The molecule has 7 nitrogen and oxygen atoms in total. The van der Waals surface area contributed by atoms with E-state index in [1.54, 1.807) is 62.6 Å². The van der Waals surface area contributed by atoms with Crippen molar-refractivity contribution in [3.8, 4) is 11.5 Å². The third-order valence-electron chi connectivity index (χ3n) is 4.88. The monoisotopic (exact) mass is 488 g/mol. The van der Waals surface area contributed by atoms with Gasteiger partial charge >= 0.3 is 0 Å². The van der Waals surface area contributed by atoms with Crippen molar-refractivity contribution >= 4 is 33.2 Å². The van der Waals surface area contributed by atoms with Gasteiger partial charge in [0.25, 0.3) is 5.91 Å². The number of nitrogens with zero attached hydrogens (tertiary/aromatic N) is 1. The number of halogens is 1. The zero-order valence-electron chi connectivity index (χ0n) is 18.5. The van der Waals surface area contributed by atoms with Crippen LogP contribution in [-0.4, -0.2) is 39.4 Å². The second-order valence-corrected chi connectivity index (χ2v) is 9.64. The van der Waals surface area contributed by atoms with Crippen molar-refractivity contribution in [3.63, 3.8) is 0 Å². The van der Waals surface area contributed by atoms with Gasteiger partial charge in [0.05, 0.1) is 24.3 Å². The highest BCUT2D eigenvalue weighted by Crippen LogP contribution is 2.30. The topological polar surface area (TPSA) is 84.9 Å². The van der Waals surface area contributed by atoms with Gasteiger partial charge in [0, 0.05) is 24.2 Å². The van der Waals surface area contributed by atoms with Crippen LogP contribution >= 0.6 is 11.6 Å². The lowest BCUT2D eigenvalue weighted by Crippen LogP contribution is -2.26. The van der Waals surface area contributed by atoms with Crippen LogP contribution in [-0.2, 0) is 16.6 Å². The molecule has 0 heterocycles. The maximum Gasteiger partial charge on any atom is 0.255 e. The van der Waals surface area contributed by atoms with Crippen molar-refractivity contribution in [1.82, 2.24) is 4.31 Å². The number of methoxy groups -OCH3 is 1. The zero-order chi connectivity index (χ0) is 24.0. The number of nitrogens with one attached hydrogen (secondary N) is 1. The third kappa shape index (κ3) is 6.04. The molecule has 174 valence electrons. The molecule has 0 aliphatic rings. The van der Waals surface area contributed by atoms with Crippen molar-refractivity contribution in [2.45, 2.75) is 18.4 Å². The lowest BCUT2D eigenvalue weighted by atomic mass is 10.2. The average molecular weight is 489 g/mol. The van der Waals surface area contributed by atoms with Gasteiger partial charge in [-0.05, 0) is 67.1 Å². The molecule has 0 saturated carbocycles. The Hall–Kier alpha value is -3.07. The van der Waals surface area contributed by atoms with Crippen LogP contribution in [0, 0.1) is 0 Å². The molecule has 3 rings (SSSR count). The number of amides is 1. The van der Waals surface area contributed by atoms with E-state index in [0.717, 1.165) is 5.56 Å². The van der Waals surface area contributed by atoms with E-state index in [0.29, 0.717) is 28.7 Å². The molecule has 1 N–H and O–H groups in total. The van der Waals surface area contributed by atoms with Gasteiger partial charge in [0.2, 0.25) is 10.0 Å². The molecule has 0 saturated heterocycles. The van der Waals surface area contributed by atoms with Crippen molar-refractivity contribution in [2.75, 3.05) is 26.1 Å². The number of sulfonamides is 1. The van der Waals surface area contributed by atoms with E-state index in [1.807, 2.05) is 0 Å². The molecule has 0 spiro atoms. The lowest BCUT2D eigenvalue weighted by molar-refractivity contribution is 0.102. The van der Waals surface area contributed by atoms with Gasteiger partial charge in [0.1, 0.15) is 11.5 Å². The molecule has 0 aliphatic heterocycles. The summed E-state index contributed by atoms with van der Waals surface area (Å²) >= 11 is 5.89. The number of rotatable bonds is 9. The summed E-state index contributed by atoms with van der Waals surface area (Å²) in [5, 5.41) is 3.25. The fraction of sp³-hybridized carbons (Fsp3) is 0.208. The van der Waals surface area contributed by atoms with E-state index in [-0.39, 0.29) is 17.1 Å². The second kappa shape index (κ2) is 10.7. The van der Waals surface area contributed by atoms with Gasteiger partial charge in [-0.2, -0.15) is 4.31 Å². The summed E-state index contributed by atoms with van der Waals surface area (Å²) in [6, 6.07) is 17.9. The predicted molar refractivity (Wildman–Crippen MR) is 129 cm³/mol. The van der Waals surface area contributed by atoms with Crippen LogP contribution in [0.25, 0.3) is 0 Å². The molecule has 1 amide bonds. The fourth-order valence-corrected chi connectivity index (χ4v) is 4.41. The number of carbonyl (C=O) groups is 1. The highest BCUT2D eigenvalue weighted by Gasteiger charge is 2.23. The largest absolute Gasteiger partial charge is 0.497 e. The predicted octanol–water partition coefficient (Wildman–Crippen LogP) is 4.82. The van der Waals surface area contributed by atoms with E-state index in [2.05, 4.69) is 5.32 Å². The lowest BCUT2D eigenvalue weighted by Gasteiger charge is -2.19. The number of hydrogen-bond acceptors (Lipinski definition) is 5. The molecule has 9 heteroatoms. The summed E-state index contributed by atoms with van der Waals surface area (Å²) in [5.74, 6) is 0.655. The Morgan fingerprint density at radius 3 is 2.30 bits per heavy atom. The van der Waals surface area contributed by atoms with Crippen LogP contribution in [0.5, 0.6) is 11.5 Å². The van der Waals surface area contributed by atoms with E-state index in [4.69, 9.17) is 21.1 Å². The smallest absolute Gasteiger partial charge is 0.255 e. The van der Waals surface area contributed by atoms with Crippen LogP contribution in [0.2, 0.25) is 5.02 Å². The molecule has 33 heavy (non-hydrogen) atoms.